The Bertz CT molecular complexity index is 740. The Morgan fingerprint density at radius 1 is 1.35 bits per heavy atom. The summed E-state index contributed by atoms with van der Waals surface area (Å²) in [6.07, 6.45) is 0.490. The third-order valence-electron chi connectivity index (χ3n) is 4.85. The van der Waals surface area contributed by atoms with Crippen molar-refractivity contribution >= 4 is 15.7 Å². The summed E-state index contributed by atoms with van der Waals surface area (Å²) >= 11 is 0. The van der Waals surface area contributed by atoms with E-state index >= 15 is 0 Å². The number of nitrogens with one attached hydrogen (secondary N) is 1. The minimum atomic E-state index is -3.02. The first-order valence-electron chi connectivity index (χ1n) is 7.94. The van der Waals surface area contributed by atoms with Gasteiger partial charge < -0.3 is 9.88 Å². The van der Waals surface area contributed by atoms with Gasteiger partial charge in [0.25, 0.3) is 0 Å². The Balaban J connectivity index is 1.59. The summed E-state index contributed by atoms with van der Waals surface area (Å²) in [5, 5.41) is 2.91. The molecule has 3 rings (SSSR count). The van der Waals surface area contributed by atoms with E-state index in [9.17, 15) is 13.2 Å². The van der Waals surface area contributed by atoms with Gasteiger partial charge in [-0.2, -0.15) is 0 Å². The zero-order valence-electron chi connectivity index (χ0n) is 13.9. The summed E-state index contributed by atoms with van der Waals surface area (Å²) in [5.41, 5.74) is 1.60. The Labute approximate surface area is 137 Å². The van der Waals surface area contributed by atoms with Crippen LogP contribution >= 0.6 is 0 Å². The quantitative estimate of drug-likeness (QED) is 0.838. The Morgan fingerprint density at radius 2 is 2.09 bits per heavy atom. The number of imidazole rings is 1. The molecule has 1 unspecified atom stereocenters. The molecule has 2 aliphatic rings. The molecule has 1 saturated heterocycles. The van der Waals surface area contributed by atoms with Gasteiger partial charge in [-0.3, -0.25) is 9.69 Å². The highest BCUT2D eigenvalue weighted by molar-refractivity contribution is 7.91. The third-order valence-corrected chi connectivity index (χ3v) is 6.76. The topological polar surface area (TPSA) is 84.3 Å². The number of carbonyl (C=O) groups is 1. The molecule has 1 atom stereocenters. The van der Waals surface area contributed by atoms with E-state index in [2.05, 4.69) is 26.7 Å². The molecule has 2 aliphatic heterocycles. The molecule has 0 saturated carbocycles. The van der Waals surface area contributed by atoms with E-state index in [0.29, 0.717) is 13.0 Å². The molecule has 3 heterocycles. The number of hydrogen-bond donors (Lipinski definition) is 1. The van der Waals surface area contributed by atoms with Gasteiger partial charge in [-0.05, 0) is 27.2 Å². The van der Waals surface area contributed by atoms with Crippen LogP contribution in [0.2, 0.25) is 0 Å². The first kappa shape index (κ1) is 16.4. The number of sulfone groups is 1. The fourth-order valence-corrected chi connectivity index (χ4v) is 5.58. The van der Waals surface area contributed by atoms with Crippen molar-refractivity contribution in [3.05, 3.63) is 17.2 Å². The minimum Gasteiger partial charge on any atom is -0.349 e. The molecule has 0 radical (unpaired) electrons. The van der Waals surface area contributed by atoms with Gasteiger partial charge in [-0.15, -0.1) is 0 Å². The summed E-state index contributed by atoms with van der Waals surface area (Å²) in [5.74, 6) is 1.07. The maximum atomic E-state index is 12.3. The maximum absolute atomic E-state index is 12.3. The molecule has 1 aromatic heterocycles. The van der Waals surface area contributed by atoms with Crippen LogP contribution in [0.3, 0.4) is 0 Å². The van der Waals surface area contributed by atoms with E-state index in [1.807, 2.05) is 13.8 Å². The molecular weight excluding hydrogens is 316 g/mol. The van der Waals surface area contributed by atoms with E-state index in [4.69, 9.17) is 0 Å². The van der Waals surface area contributed by atoms with Crippen molar-refractivity contribution in [3.8, 4) is 0 Å². The molecule has 0 aliphatic carbocycles. The lowest BCUT2D eigenvalue weighted by Gasteiger charge is -2.30. The number of fused-ring (bicyclic) bond motifs is 1. The second-order valence-electron chi connectivity index (χ2n) is 7.01. The predicted molar refractivity (Wildman–Crippen MR) is 86.8 cm³/mol. The number of nitrogens with zero attached hydrogens (tertiary/aromatic N) is 3. The van der Waals surface area contributed by atoms with E-state index < -0.39 is 15.4 Å². The van der Waals surface area contributed by atoms with Gasteiger partial charge >= 0.3 is 0 Å². The maximum Gasteiger partial charge on any atom is 0.234 e. The predicted octanol–water partition coefficient (Wildman–Crippen LogP) is 0.00894. The summed E-state index contributed by atoms with van der Waals surface area (Å²) in [6.45, 7) is 8.43. The summed E-state index contributed by atoms with van der Waals surface area (Å²) < 4.78 is 25.4. The van der Waals surface area contributed by atoms with Crippen molar-refractivity contribution in [3.63, 3.8) is 0 Å². The number of hydrogen-bond acceptors (Lipinski definition) is 5. The molecule has 0 spiro atoms. The zero-order chi connectivity index (χ0) is 16.8. The lowest BCUT2D eigenvalue weighted by molar-refractivity contribution is -0.124. The number of carbonyl (C=O) groups excluding carboxylic acids is 1. The first-order chi connectivity index (χ1) is 10.7. The van der Waals surface area contributed by atoms with Crippen LogP contribution in [0.15, 0.2) is 0 Å². The highest BCUT2D eigenvalue weighted by atomic mass is 32.2. The Hall–Kier alpha value is -1.41. The highest BCUT2D eigenvalue weighted by Gasteiger charge is 2.39. The Kier molecular flexibility index (Phi) is 4.00. The van der Waals surface area contributed by atoms with Crippen molar-refractivity contribution < 1.29 is 13.2 Å². The fraction of sp³-hybridized carbons (Fsp3) is 0.733. The van der Waals surface area contributed by atoms with Crippen molar-refractivity contribution in [2.75, 3.05) is 24.6 Å². The van der Waals surface area contributed by atoms with Crippen LogP contribution in [0.4, 0.5) is 0 Å². The second kappa shape index (κ2) is 5.59. The second-order valence-corrected chi connectivity index (χ2v) is 9.20. The van der Waals surface area contributed by atoms with Crippen molar-refractivity contribution in [1.82, 2.24) is 19.8 Å². The lowest BCUT2D eigenvalue weighted by Crippen LogP contribution is -2.51. The molecular formula is C15H24N4O3S. The molecule has 1 aromatic rings. The number of aromatic nitrogens is 2. The summed E-state index contributed by atoms with van der Waals surface area (Å²) in [6, 6.07) is 0. The normalized spacial score (nSPS) is 26.9. The molecule has 1 fully saturated rings. The van der Waals surface area contributed by atoms with Crippen LogP contribution < -0.4 is 5.32 Å². The van der Waals surface area contributed by atoms with Gasteiger partial charge in [-0.25, -0.2) is 13.4 Å². The molecule has 128 valence electrons. The fourth-order valence-electron chi connectivity index (χ4n) is 3.48. The molecule has 0 aromatic carbocycles. The monoisotopic (exact) mass is 340 g/mol. The Morgan fingerprint density at radius 3 is 2.74 bits per heavy atom. The van der Waals surface area contributed by atoms with E-state index in [1.54, 1.807) is 0 Å². The van der Waals surface area contributed by atoms with Crippen molar-refractivity contribution in [2.24, 2.45) is 0 Å². The molecule has 1 amide bonds. The number of aryl methyl sites for hydroxylation is 1. The highest BCUT2D eigenvalue weighted by Crippen LogP contribution is 2.23. The van der Waals surface area contributed by atoms with Gasteiger partial charge in [0.2, 0.25) is 5.91 Å². The van der Waals surface area contributed by atoms with Crippen LogP contribution in [0.1, 0.15) is 30.6 Å². The zero-order valence-corrected chi connectivity index (χ0v) is 14.7. The van der Waals surface area contributed by atoms with Gasteiger partial charge in [0.05, 0.1) is 35.8 Å². The summed E-state index contributed by atoms with van der Waals surface area (Å²) in [7, 11) is -3.02. The molecule has 8 heteroatoms. The van der Waals surface area contributed by atoms with Crippen molar-refractivity contribution in [1.29, 1.82) is 0 Å². The SMILES string of the molecule is Cc1nc2n(c1C)CCN(CC(=O)NC1(C)CCS(=O)(=O)C1)C2. The van der Waals surface area contributed by atoms with Crippen LogP contribution in [0.25, 0.3) is 0 Å². The number of rotatable bonds is 3. The van der Waals surface area contributed by atoms with Crippen LogP contribution in [-0.4, -0.2) is 58.9 Å². The van der Waals surface area contributed by atoms with E-state index in [1.165, 1.54) is 5.69 Å². The summed E-state index contributed by atoms with van der Waals surface area (Å²) in [4.78, 5) is 18.9. The average molecular weight is 340 g/mol. The van der Waals surface area contributed by atoms with Gasteiger partial charge in [-0.1, -0.05) is 0 Å². The number of amides is 1. The first-order valence-corrected chi connectivity index (χ1v) is 9.76. The van der Waals surface area contributed by atoms with Crippen LogP contribution in [0.5, 0.6) is 0 Å². The van der Waals surface area contributed by atoms with Gasteiger partial charge in [0.1, 0.15) is 5.82 Å². The third kappa shape index (κ3) is 3.42. The molecule has 1 N–H and O–H groups in total. The molecule has 7 nitrogen and oxygen atoms in total. The average Bonchev–Trinajstić information content (AvgIpc) is 2.86. The molecule has 0 bridgehead atoms. The van der Waals surface area contributed by atoms with Crippen LogP contribution in [0, 0.1) is 13.8 Å². The van der Waals surface area contributed by atoms with Gasteiger partial charge in [0, 0.05) is 18.8 Å². The van der Waals surface area contributed by atoms with E-state index in [-0.39, 0.29) is 24.0 Å². The lowest BCUT2D eigenvalue weighted by atomic mass is 10.0. The van der Waals surface area contributed by atoms with Crippen molar-refractivity contribution in [2.45, 2.75) is 45.8 Å². The smallest absolute Gasteiger partial charge is 0.234 e. The van der Waals surface area contributed by atoms with Crippen LogP contribution in [-0.2, 0) is 27.7 Å². The minimum absolute atomic E-state index is 0.0362. The standard InChI is InChI=1S/C15H24N4O3S/c1-11-12(2)19-6-5-18(8-13(19)16-11)9-14(20)17-15(3)4-7-23(21,22)10-15/h4-10H2,1-3H3,(H,17,20). The molecule has 23 heavy (non-hydrogen) atoms. The van der Waals surface area contributed by atoms with Gasteiger partial charge in [0.15, 0.2) is 9.84 Å². The van der Waals surface area contributed by atoms with E-state index in [0.717, 1.165) is 24.6 Å². The largest absolute Gasteiger partial charge is 0.349 e.